The number of nitrogens with one attached hydrogen (secondary N) is 1. The summed E-state index contributed by atoms with van der Waals surface area (Å²) >= 11 is 0. The summed E-state index contributed by atoms with van der Waals surface area (Å²) in [6.07, 6.45) is -0.261. The average molecular weight is 477 g/mol. The van der Waals surface area contributed by atoms with Gasteiger partial charge in [0.15, 0.2) is 0 Å². The molecule has 2 atom stereocenters. The van der Waals surface area contributed by atoms with Gasteiger partial charge >= 0.3 is 0 Å². The van der Waals surface area contributed by atoms with Gasteiger partial charge in [-0.15, -0.1) is 0 Å². The number of halogens is 2. The van der Waals surface area contributed by atoms with E-state index in [0.29, 0.717) is 11.1 Å². The van der Waals surface area contributed by atoms with Crippen molar-refractivity contribution < 1.29 is 26.8 Å². The van der Waals surface area contributed by atoms with E-state index < -0.39 is 51.3 Å². The molecule has 1 aliphatic carbocycles. The van der Waals surface area contributed by atoms with Crippen LogP contribution in [-0.2, 0) is 26.0 Å². The van der Waals surface area contributed by atoms with Crippen molar-refractivity contribution in [2.75, 3.05) is 5.75 Å². The van der Waals surface area contributed by atoms with Crippen LogP contribution in [0.4, 0.5) is 8.78 Å². The van der Waals surface area contributed by atoms with Gasteiger partial charge in [-0.25, -0.2) is 21.9 Å². The predicted octanol–water partition coefficient (Wildman–Crippen LogP) is 3.01. The second-order valence-corrected chi connectivity index (χ2v) is 10.8. The highest BCUT2D eigenvalue weighted by atomic mass is 32.2. The third-order valence-corrected chi connectivity index (χ3v) is 8.03. The number of hydrogen-bond acceptors (Lipinski definition) is 4. The molecular weight excluding hydrogens is 450 g/mol. The number of carbonyl (C=O) groups is 2. The molecule has 2 saturated heterocycles. The molecule has 9 heteroatoms. The Morgan fingerprint density at radius 2 is 1.79 bits per heavy atom. The van der Waals surface area contributed by atoms with Crippen LogP contribution in [-0.4, -0.2) is 54.6 Å². The Hall–Kier alpha value is -2.65. The van der Waals surface area contributed by atoms with Gasteiger partial charge in [0.2, 0.25) is 15.8 Å². The lowest BCUT2D eigenvalue weighted by Crippen LogP contribution is -2.77. The van der Waals surface area contributed by atoms with E-state index in [2.05, 4.69) is 4.72 Å². The van der Waals surface area contributed by atoms with Gasteiger partial charge in [-0.05, 0) is 24.5 Å². The molecule has 0 spiro atoms. The summed E-state index contributed by atoms with van der Waals surface area (Å²) in [5.74, 6) is -2.34. The van der Waals surface area contributed by atoms with E-state index in [1.54, 1.807) is 36.4 Å². The van der Waals surface area contributed by atoms with Crippen molar-refractivity contribution in [1.82, 2.24) is 9.62 Å². The number of benzene rings is 2. The second kappa shape index (κ2) is 8.61. The molecule has 2 aliphatic heterocycles. The molecule has 3 fully saturated rings. The number of nitrogens with zero attached hydrogens (tertiary/aromatic N) is 1. The van der Waals surface area contributed by atoms with Crippen LogP contribution < -0.4 is 4.72 Å². The molecule has 0 radical (unpaired) electrons. The molecule has 1 saturated carbocycles. The fourth-order valence-electron chi connectivity index (χ4n) is 4.93. The van der Waals surface area contributed by atoms with Crippen LogP contribution in [0, 0.1) is 5.82 Å². The molecule has 2 heterocycles. The topological polar surface area (TPSA) is 83.6 Å². The van der Waals surface area contributed by atoms with Crippen molar-refractivity contribution in [2.24, 2.45) is 0 Å². The molecule has 2 bridgehead atoms. The third kappa shape index (κ3) is 4.31. The van der Waals surface area contributed by atoms with Crippen molar-refractivity contribution in [1.29, 1.82) is 0 Å². The van der Waals surface area contributed by atoms with Crippen molar-refractivity contribution in [3.8, 4) is 11.1 Å². The molecule has 2 aromatic rings. The first-order valence-corrected chi connectivity index (χ1v) is 12.6. The van der Waals surface area contributed by atoms with E-state index in [9.17, 15) is 18.0 Å². The summed E-state index contributed by atoms with van der Waals surface area (Å²) in [6.45, 7) is 2.55. The molecule has 33 heavy (non-hydrogen) atoms. The minimum absolute atomic E-state index is 0.0635. The van der Waals surface area contributed by atoms with E-state index >= 15 is 8.78 Å². The van der Waals surface area contributed by atoms with Gasteiger partial charge < -0.3 is 4.90 Å². The van der Waals surface area contributed by atoms with Gasteiger partial charge in [0.25, 0.3) is 5.91 Å². The number of Topliss-reactive ketones (excluding diaryl/α,β-unsaturated/α-hetero) is 1. The Morgan fingerprint density at radius 3 is 2.39 bits per heavy atom. The summed E-state index contributed by atoms with van der Waals surface area (Å²) in [5, 5.41) is 0. The minimum atomic E-state index is -3.83. The zero-order valence-electron chi connectivity index (χ0n) is 18.4. The van der Waals surface area contributed by atoms with Crippen molar-refractivity contribution in [3.63, 3.8) is 0 Å². The summed E-state index contributed by atoms with van der Waals surface area (Å²) < 4.78 is 58.3. The maximum absolute atomic E-state index is 15.7. The molecule has 176 valence electrons. The largest absolute Gasteiger partial charge is 0.328 e. The zero-order chi connectivity index (χ0) is 24.0. The van der Waals surface area contributed by atoms with E-state index in [-0.39, 0.29) is 30.6 Å². The molecule has 1 N–H and O–H groups in total. The highest BCUT2D eigenvalue weighted by Crippen LogP contribution is 2.50. The number of ketones is 1. The summed E-state index contributed by atoms with van der Waals surface area (Å²) in [6, 6.07) is 10.9. The highest BCUT2D eigenvalue weighted by Gasteiger charge is 2.63. The molecular formula is C24H26F2N2O4S. The van der Waals surface area contributed by atoms with E-state index in [1.165, 1.54) is 17.9 Å². The molecule has 2 aromatic carbocycles. The Kier molecular flexibility index (Phi) is 6.13. The van der Waals surface area contributed by atoms with Gasteiger partial charge in [-0.3, -0.25) is 9.59 Å². The number of alkyl halides is 1. The first kappa shape index (κ1) is 23.5. The Labute approximate surface area is 192 Å². The van der Waals surface area contributed by atoms with Crippen LogP contribution in [0.5, 0.6) is 0 Å². The monoisotopic (exact) mass is 476 g/mol. The number of fused-ring (bicyclic) bond motifs is 2. The maximum Gasteiger partial charge on any atom is 0.290 e. The Bertz CT molecular complexity index is 1180. The standard InChI is InChI=1S/C24H26F2N2O4S/c1-3-33(31,32)27-22-20(28(23(30)15(2)29)18-13-24(22,26)14-18)12-17-10-7-11-19(21(17)25)16-8-5-4-6-9-16/h4-11,18,20,22,27H,3,12-14H2,1-2H3/t18?,20-,22+,24?/m0/s1. The van der Waals surface area contributed by atoms with Crippen molar-refractivity contribution in [3.05, 3.63) is 59.9 Å². The van der Waals surface area contributed by atoms with Crippen LogP contribution in [0.3, 0.4) is 0 Å². The molecule has 3 aliphatic rings. The molecule has 5 rings (SSSR count). The van der Waals surface area contributed by atoms with Gasteiger partial charge in [-0.2, -0.15) is 0 Å². The lowest BCUT2D eigenvalue weighted by molar-refractivity contribution is -0.170. The molecule has 1 amide bonds. The Balaban J connectivity index is 1.76. The summed E-state index contributed by atoms with van der Waals surface area (Å²) in [7, 11) is -3.83. The fraction of sp³-hybridized carbons (Fsp3) is 0.417. The summed E-state index contributed by atoms with van der Waals surface area (Å²) in [4.78, 5) is 26.0. The minimum Gasteiger partial charge on any atom is -0.328 e. The van der Waals surface area contributed by atoms with E-state index in [1.807, 2.05) is 6.07 Å². The van der Waals surface area contributed by atoms with E-state index in [4.69, 9.17) is 0 Å². The quantitative estimate of drug-likeness (QED) is 0.623. The van der Waals surface area contributed by atoms with Crippen LogP contribution in [0.25, 0.3) is 11.1 Å². The van der Waals surface area contributed by atoms with Crippen LogP contribution in [0.2, 0.25) is 0 Å². The van der Waals surface area contributed by atoms with Crippen molar-refractivity contribution in [2.45, 2.75) is 56.9 Å². The van der Waals surface area contributed by atoms with Crippen LogP contribution in [0.15, 0.2) is 48.5 Å². The number of piperidine rings is 2. The molecule has 0 unspecified atom stereocenters. The number of carbonyl (C=O) groups excluding carboxylic acids is 2. The maximum atomic E-state index is 15.7. The van der Waals surface area contributed by atoms with E-state index in [0.717, 1.165) is 6.92 Å². The average Bonchev–Trinajstić information content (AvgIpc) is 2.76. The second-order valence-electron chi connectivity index (χ2n) is 8.78. The highest BCUT2D eigenvalue weighted by molar-refractivity contribution is 7.89. The van der Waals surface area contributed by atoms with Gasteiger partial charge in [0, 0.05) is 31.4 Å². The number of amides is 1. The van der Waals surface area contributed by atoms with Gasteiger partial charge in [-0.1, -0.05) is 48.5 Å². The van der Waals surface area contributed by atoms with Crippen LogP contribution >= 0.6 is 0 Å². The van der Waals surface area contributed by atoms with Crippen LogP contribution in [0.1, 0.15) is 32.3 Å². The number of sulfonamides is 1. The van der Waals surface area contributed by atoms with Crippen molar-refractivity contribution >= 4 is 21.7 Å². The zero-order valence-corrected chi connectivity index (χ0v) is 19.2. The normalized spacial score (nSPS) is 26.5. The predicted molar refractivity (Wildman–Crippen MR) is 120 cm³/mol. The van der Waals surface area contributed by atoms with Gasteiger partial charge in [0.05, 0.1) is 17.8 Å². The lowest BCUT2D eigenvalue weighted by atomic mass is 9.64. The Morgan fingerprint density at radius 1 is 1.12 bits per heavy atom. The smallest absolute Gasteiger partial charge is 0.290 e. The molecule has 0 aromatic heterocycles. The SMILES string of the molecule is CCS(=O)(=O)N[C@@H]1[C@H](Cc2cccc(-c3ccccc3)c2F)N(C(=O)C(C)=O)C2CC1(F)C2. The lowest BCUT2D eigenvalue weighted by Gasteiger charge is -2.60. The fourth-order valence-corrected chi connectivity index (χ4v) is 5.85. The van der Waals surface area contributed by atoms with Gasteiger partial charge in [0.1, 0.15) is 11.5 Å². The molecule has 6 nitrogen and oxygen atoms in total. The first-order chi connectivity index (χ1) is 15.6. The number of hydrogen-bond donors (Lipinski definition) is 1. The third-order valence-electron chi connectivity index (χ3n) is 6.66. The number of rotatable bonds is 7. The summed E-state index contributed by atoms with van der Waals surface area (Å²) in [5.41, 5.74) is -0.642. The first-order valence-electron chi connectivity index (χ1n) is 10.9.